The molecule has 1 aliphatic heterocycles. The van der Waals surface area contributed by atoms with E-state index >= 15 is 0 Å². The van der Waals surface area contributed by atoms with Gasteiger partial charge in [-0.25, -0.2) is 4.79 Å². The van der Waals surface area contributed by atoms with Gasteiger partial charge in [0.15, 0.2) is 0 Å². The summed E-state index contributed by atoms with van der Waals surface area (Å²) in [5.41, 5.74) is 0. The summed E-state index contributed by atoms with van der Waals surface area (Å²) >= 11 is 0. The number of carbonyl (C=O) groups excluding carboxylic acids is 1. The normalized spacial score (nSPS) is 20.4. The number of urea groups is 1. The van der Waals surface area contributed by atoms with Crippen LogP contribution in [0.15, 0.2) is 0 Å². The maximum absolute atomic E-state index is 12.2. The zero-order valence-electron chi connectivity index (χ0n) is 11.4. The van der Waals surface area contributed by atoms with Crippen molar-refractivity contribution in [2.24, 2.45) is 5.92 Å². The Morgan fingerprint density at radius 2 is 2.21 bits per heavy atom. The first-order chi connectivity index (χ1) is 8.95. The molecule has 2 N–H and O–H groups in total. The Balaban J connectivity index is 2.58. The molecule has 7 heteroatoms. The highest BCUT2D eigenvalue weighted by Gasteiger charge is 2.31. The fraction of sp³-hybridized carbons (Fsp3) is 0.833. The van der Waals surface area contributed by atoms with Crippen LogP contribution in [0.1, 0.15) is 13.3 Å². The maximum Gasteiger partial charge on any atom is 0.323 e. The second-order valence-corrected chi connectivity index (χ2v) is 4.83. The number of aliphatic hydroxyl groups is 1. The van der Waals surface area contributed by atoms with Crippen LogP contribution in [0.3, 0.4) is 0 Å². The van der Waals surface area contributed by atoms with E-state index in [-0.39, 0.29) is 25.0 Å². The minimum atomic E-state index is -1.05. The molecule has 110 valence electrons. The molecule has 19 heavy (non-hydrogen) atoms. The molecule has 0 aromatic carbocycles. The molecule has 0 spiro atoms. The van der Waals surface area contributed by atoms with Crippen LogP contribution in [0.5, 0.6) is 0 Å². The summed E-state index contributed by atoms with van der Waals surface area (Å²) in [5, 5.41) is 18.3. The molecule has 0 radical (unpaired) electrons. The van der Waals surface area contributed by atoms with Gasteiger partial charge >= 0.3 is 12.0 Å². The lowest BCUT2D eigenvalue weighted by Gasteiger charge is -2.27. The van der Waals surface area contributed by atoms with Crippen molar-refractivity contribution in [3.05, 3.63) is 0 Å². The number of carbonyl (C=O) groups is 2. The minimum Gasteiger partial charge on any atom is -0.480 e. The molecular weight excluding hydrogens is 252 g/mol. The van der Waals surface area contributed by atoms with Crippen LogP contribution in [0.4, 0.5) is 4.79 Å². The van der Waals surface area contributed by atoms with Gasteiger partial charge in [0, 0.05) is 32.7 Å². The van der Waals surface area contributed by atoms with Crippen LogP contribution in [0, 0.1) is 5.92 Å². The lowest BCUT2D eigenvalue weighted by Crippen LogP contribution is -2.46. The van der Waals surface area contributed by atoms with E-state index < -0.39 is 12.1 Å². The van der Waals surface area contributed by atoms with Gasteiger partial charge in [0.2, 0.25) is 0 Å². The highest BCUT2D eigenvalue weighted by atomic mass is 16.5. The van der Waals surface area contributed by atoms with Gasteiger partial charge in [-0.3, -0.25) is 4.79 Å². The summed E-state index contributed by atoms with van der Waals surface area (Å²) in [5.74, 6) is -0.978. The monoisotopic (exact) mass is 274 g/mol. The molecule has 0 aromatic rings. The first kappa shape index (κ1) is 15.7. The van der Waals surface area contributed by atoms with Crippen molar-refractivity contribution in [2.45, 2.75) is 19.4 Å². The fourth-order valence-corrected chi connectivity index (χ4v) is 2.16. The molecule has 2 amide bonds. The third kappa shape index (κ3) is 4.68. The number of likely N-dealkylation sites (tertiary alicyclic amines) is 1. The highest BCUT2D eigenvalue weighted by molar-refractivity contribution is 5.80. The van der Waals surface area contributed by atoms with Gasteiger partial charge in [0.1, 0.15) is 6.54 Å². The molecular formula is C12H22N2O5. The average Bonchev–Trinajstić information content (AvgIpc) is 2.82. The Morgan fingerprint density at radius 1 is 1.53 bits per heavy atom. The molecule has 1 aliphatic rings. The second-order valence-electron chi connectivity index (χ2n) is 4.83. The third-order valence-corrected chi connectivity index (χ3v) is 3.34. The van der Waals surface area contributed by atoms with Gasteiger partial charge in [-0.15, -0.1) is 0 Å². The summed E-state index contributed by atoms with van der Waals surface area (Å²) in [6, 6.07) is -0.303. The highest BCUT2D eigenvalue weighted by Crippen LogP contribution is 2.20. The molecule has 7 nitrogen and oxygen atoms in total. The third-order valence-electron chi connectivity index (χ3n) is 3.34. The van der Waals surface area contributed by atoms with Gasteiger partial charge in [0.25, 0.3) is 0 Å². The zero-order chi connectivity index (χ0) is 14.4. The zero-order valence-corrected chi connectivity index (χ0v) is 11.4. The van der Waals surface area contributed by atoms with Crippen molar-refractivity contribution < 1.29 is 24.5 Å². The molecule has 0 bridgehead atoms. The number of rotatable bonds is 6. The van der Waals surface area contributed by atoms with Crippen molar-refractivity contribution in [2.75, 3.05) is 39.9 Å². The Hall–Kier alpha value is -1.34. The van der Waals surface area contributed by atoms with Crippen LogP contribution >= 0.6 is 0 Å². The average molecular weight is 274 g/mol. The number of nitrogens with zero attached hydrogens (tertiary/aromatic N) is 2. The predicted octanol–water partition coefficient (Wildman–Crippen LogP) is -0.158. The Bertz CT molecular complexity index is 321. The van der Waals surface area contributed by atoms with E-state index in [1.165, 1.54) is 12.0 Å². The first-order valence-electron chi connectivity index (χ1n) is 6.38. The van der Waals surface area contributed by atoms with Crippen LogP contribution in [-0.4, -0.2) is 78.0 Å². The summed E-state index contributed by atoms with van der Waals surface area (Å²) < 4.78 is 4.88. The summed E-state index contributed by atoms with van der Waals surface area (Å²) in [6.07, 6.45) is 0.291. The lowest BCUT2D eigenvalue weighted by atomic mass is 10.0. The van der Waals surface area contributed by atoms with Crippen LogP contribution in [-0.2, 0) is 9.53 Å². The lowest BCUT2D eigenvalue weighted by molar-refractivity contribution is -0.137. The minimum absolute atomic E-state index is 0.0676. The van der Waals surface area contributed by atoms with Crippen molar-refractivity contribution in [1.82, 2.24) is 9.80 Å². The van der Waals surface area contributed by atoms with Crippen LogP contribution in [0.25, 0.3) is 0 Å². The molecule has 1 heterocycles. The van der Waals surface area contributed by atoms with Crippen molar-refractivity contribution in [1.29, 1.82) is 0 Å². The number of hydrogen-bond donors (Lipinski definition) is 2. The number of methoxy groups -OCH3 is 1. The second kappa shape index (κ2) is 7.30. The predicted molar refractivity (Wildman–Crippen MR) is 67.8 cm³/mol. The van der Waals surface area contributed by atoms with E-state index in [1.54, 1.807) is 11.8 Å². The van der Waals surface area contributed by atoms with Gasteiger partial charge in [-0.1, -0.05) is 0 Å². The topological polar surface area (TPSA) is 90.3 Å². The quantitative estimate of drug-likeness (QED) is 0.702. The Labute approximate surface area is 112 Å². The van der Waals surface area contributed by atoms with Crippen molar-refractivity contribution >= 4 is 12.0 Å². The number of ether oxygens (including phenoxy) is 1. The van der Waals surface area contributed by atoms with Gasteiger partial charge in [0.05, 0.1) is 12.7 Å². The SMILES string of the molecule is COCCN(CC(=O)O)C(=O)N1CCC(C(C)O)C1. The fourth-order valence-electron chi connectivity index (χ4n) is 2.16. The standard InChI is InChI=1S/C12H22N2O5/c1-9(15)10-3-4-13(7-10)12(18)14(5-6-19-2)8-11(16)17/h9-10,15H,3-8H2,1-2H3,(H,16,17). The van der Waals surface area contributed by atoms with E-state index in [2.05, 4.69) is 0 Å². The van der Waals surface area contributed by atoms with Gasteiger partial charge < -0.3 is 24.7 Å². The molecule has 2 atom stereocenters. The van der Waals surface area contributed by atoms with Crippen LogP contribution in [0.2, 0.25) is 0 Å². The number of aliphatic hydroxyl groups excluding tert-OH is 1. The van der Waals surface area contributed by atoms with E-state index in [1.807, 2.05) is 0 Å². The summed E-state index contributed by atoms with van der Waals surface area (Å²) in [4.78, 5) is 25.8. The first-order valence-corrected chi connectivity index (χ1v) is 6.38. The van der Waals surface area contributed by atoms with E-state index in [9.17, 15) is 14.7 Å². The maximum atomic E-state index is 12.2. The van der Waals surface area contributed by atoms with Gasteiger partial charge in [-0.05, 0) is 13.3 Å². The van der Waals surface area contributed by atoms with Gasteiger partial charge in [-0.2, -0.15) is 0 Å². The molecule has 1 saturated heterocycles. The van der Waals surface area contributed by atoms with Crippen LogP contribution < -0.4 is 0 Å². The van der Waals surface area contributed by atoms with E-state index in [0.29, 0.717) is 19.7 Å². The largest absolute Gasteiger partial charge is 0.480 e. The summed E-state index contributed by atoms with van der Waals surface area (Å²) in [7, 11) is 1.50. The molecule has 0 saturated carbocycles. The number of aliphatic carboxylic acids is 1. The van der Waals surface area contributed by atoms with E-state index in [4.69, 9.17) is 9.84 Å². The molecule has 1 rings (SSSR count). The molecule has 2 unspecified atom stereocenters. The summed E-state index contributed by atoms with van der Waals surface area (Å²) in [6.45, 7) is 2.94. The number of carboxylic acid groups (broad SMARTS) is 1. The number of amides is 2. The van der Waals surface area contributed by atoms with Crippen molar-refractivity contribution in [3.8, 4) is 0 Å². The smallest absolute Gasteiger partial charge is 0.323 e. The number of hydrogen-bond acceptors (Lipinski definition) is 4. The molecule has 0 aliphatic carbocycles. The molecule has 1 fully saturated rings. The number of carboxylic acids is 1. The molecule has 0 aromatic heterocycles. The van der Waals surface area contributed by atoms with Crippen molar-refractivity contribution in [3.63, 3.8) is 0 Å². The Morgan fingerprint density at radius 3 is 2.68 bits per heavy atom. The Kier molecular flexibility index (Phi) is 6.04. The van der Waals surface area contributed by atoms with E-state index in [0.717, 1.165) is 6.42 Å².